The van der Waals surface area contributed by atoms with Gasteiger partial charge in [-0.15, -0.1) is 11.3 Å². The van der Waals surface area contributed by atoms with Crippen molar-refractivity contribution in [1.82, 2.24) is 0 Å². The maximum atomic E-state index is 5.30. The van der Waals surface area contributed by atoms with Gasteiger partial charge in [-0.25, -0.2) is 9.98 Å². The molecule has 1 aromatic heterocycles. The van der Waals surface area contributed by atoms with Crippen molar-refractivity contribution in [2.45, 2.75) is 6.92 Å². The van der Waals surface area contributed by atoms with Crippen molar-refractivity contribution in [3.8, 4) is 33.4 Å². The number of rotatable bonds is 7. The molecule has 0 saturated heterocycles. The Hall–Kier alpha value is -6.16. The highest BCUT2D eigenvalue weighted by Crippen LogP contribution is 2.35. The molecule has 0 unspecified atom stereocenters. The van der Waals surface area contributed by atoms with Crippen LogP contribution in [0, 0.1) is 0 Å². The van der Waals surface area contributed by atoms with Crippen LogP contribution in [0.25, 0.3) is 59.3 Å². The number of hydrogen-bond donors (Lipinski definition) is 0. The Balaban J connectivity index is 1.26. The molecule has 0 aliphatic carbocycles. The third-order valence-corrected chi connectivity index (χ3v) is 10.2. The summed E-state index contributed by atoms with van der Waals surface area (Å²) in [4.78, 5) is 10.5. The summed E-state index contributed by atoms with van der Waals surface area (Å²) in [6.45, 7) is 6.53. The molecule has 8 aromatic rings. The number of fused-ring (bicyclic) bond motifs is 3. The van der Waals surface area contributed by atoms with Crippen molar-refractivity contribution in [2.75, 3.05) is 0 Å². The summed E-state index contributed by atoms with van der Waals surface area (Å²) in [5, 5.41) is 2.51. The van der Waals surface area contributed by atoms with Crippen LogP contribution >= 0.6 is 11.3 Å². The zero-order chi connectivity index (χ0) is 33.9. The maximum Gasteiger partial charge on any atom is 0.160 e. The van der Waals surface area contributed by atoms with Gasteiger partial charge in [0, 0.05) is 37.0 Å². The van der Waals surface area contributed by atoms with Crippen molar-refractivity contribution >= 4 is 48.8 Å². The standard InChI is InChI=1S/C47H34N2S/c1-32(37-21-14-22-38(27-37)34-15-6-3-7-16-34)48-47(39-25-26-44-43-23-12-13-24-45(43)50-46(44)31-39)49-33(2)40-28-41(35-17-8-4-9-18-35)30-42(29-40)36-19-10-5-11-20-36/h3-31H,1H2,2H3. The molecule has 0 N–H and O–H groups in total. The van der Waals surface area contributed by atoms with E-state index in [2.05, 4.69) is 183 Å². The van der Waals surface area contributed by atoms with Gasteiger partial charge in [0.25, 0.3) is 0 Å². The molecule has 0 aliphatic rings. The smallest absolute Gasteiger partial charge is 0.160 e. The minimum atomic E-state index is 0.628. The topological polar surface area (TPSA) is 24.7 Å². The molecule has 0 radical (unpaired) electrons. The van der Waals surface area contributed by atoms with Crippen molar-refractivity contribution in [2.24, 2.45) is 9.98 Å². The molecule has 50 heavy (non-hydrogen) atoms. The SMILES string of the molecule is C=C(N=C(N=C(C)c1cc(-c2ccccc2)cc(-c2ccccc2)c1)c1ccc2c(c1)sc1ccccc12)c1cccc(-c2ccccc2)c1. The second-order valence-electron chi connectivity index (χ2n) is 12.4. The molecule has 0 amide bonds. The first-order valence-corrected chi connectivity index (χ1v) is 17.6. The second kappa shape index (κ2) is 13.8. The van der Waals surface area contributed by atoms with Crippen LogP contribution < -0.4 is 0 Å². The number of aliphatic imine (C=N–C) groups is 2. The predicted octanol–water partition coefficient (Wildman–Crippen LogP) is 13.0. The van der Waals surface area contributed by atoms with Gasteiger partial charge in [-0.1, -0.05) is 146 Å². The minimum absolute atomic E-state index is 0.628. The summed E-state index contributed by atoms with van der Waals surface area (Å²) >= 11 is 1.80. The number of thiophene rings is 1. The lowest BCUT2D eigenvalue weighted by molar-refractivity contribution is 1.44. The Morgan fingerprint density at radius 2 is 0.960 bits per heavy atom. The predicted molar refractivity (Wildman–Crippen MR) is 216 cm³/mol. The van der Waals surface area contributed by atoms with Gasteiger partial charge in [0.2, 0.25) is 0 Å². The second-order valence-corrected chi connectivity index (χ2v) is 13.5. The zero-order valence-corrected chi connectivity index (χ0v) is 28.6. The molecule has 0 aliphatic heterocycles. The molecule has 0 bridgehead atoms. The van der Waals surface area contributed by atoms with E-state index >= 15 is 0 Å². The number of nitrogens with zero attached hydrogens (tertiary/aromatic N) is 2. The lowest BCUT2D eigenvalue weighted by Gasteiger charge is -2.12. The van der Waals surface area contributed by atoms with E-state index in [1.165, 1.54) is 20.2 Å². The van der Waals surface area contributed by atoms with E-state index in [9.17, 15) is 0 Å². The van der Waals surface area contributed by atoms with E-state index in [-0.39, 0.29) is 0 Å². The molecular weight excluding hydrogens is 625 g/mol. The Kier molecular flexibility index (Phi) is 8.56. The third kappa shape index (κ3) is 6.47. The number of hydrogen-bond acceptors (Lipinski definition) is 2. The highest BCUT2D eigenvalue weighted by molar-refractivity contribution is 7.25. The van der Waals surface area contributed by atoms with Gasteiger partial charge in [0.05, 0.1) is 5.70 Å². The Morgan fingerprint density at radius 1 is 0.420 bits per heavy atom. The normalized spacial score (nSPS) is 12.0. The zero-order valence-electron chi connectivity index (χ0n) is 27.8. The van der Waals surface area contributed by atoms with Gasteiger partial charge in [0.1, 0.15) is 0 Å². The van der Waals surface area contributed by atoms with E-state index in [0.29, 0.717) is 11.5 Å². The molecule has 0 atom stereocenters. The van der Waals surface area contributed by atoms with Gasteiger partial charge in [-0.3, -0.25) is 0 Å². The van der Waals surface area contributed by atoms with Gasteiger partial charge in [-0.2, -0.15) is 0 Å². The maximum absolute atomic E-state index is 5.30. The lowest BCUT2D eigenvalue weighted by Crippen LogP contribution is -2.05. The number of benzene rings is 7. The summed E-state index contributed by atoms with van der Waals surface area (Å²) in [7, 11) is 0. The molecule has 3 heteroatoms. The molecule has 0 saturated carbocycles. The van der Waals surface area contributed by atoms with Crippen LogP contribution in [0.15, 0.2) is 192 Å². The Bertz CT molecular complexity index is 2480. The van der Waals surface area contributed by atoms with E-state index in [1.54, 1.807) is 11.3 Å². The highest BCUT2D eigenvalue weighted by atomic mass is 32.1. The number of amidine groups is 1. The van der Waals surface area contributed by atoms with Crippen LogP contribution in [-0.4, -0.2) is 11.5 Å². The fourth-order valence-corrected chi connectivity index (χ4v) is 7.52. The van der Waals surface area contributed by atoms with E-state index in [1.807, 2.05) is 6.07 Å². The first-order chi connectivity index (χ1) is 24.6. The largest absolute Gasteiger partial charge is 0.233 e. The molecule has 0 fully saturated rings. The van der Waals surface area contributed by atoms with E-state index in [4.69, 9.17) is 9.98 Å². The average Bonchev–Trinajstić information content (AvgIpc) is 3.56. The monoisotopic (exact) mass is 658 g/mol. The van der Waals surface area contributed by atoms with Gasteiger partial charge < -0.3 is 0 Å². The van der Waals surface area contributed by atoms with Crippen LogP contribution in [-0.2, 0) is 0 Å². The summed E-state index contributed by atoms with van der Waals surface area (Å²) < 4.78 is 2.48. The fraction of sp³-hybridized carbons (Fsp3) is 0.0213. The Labute approximate surface area is 297 Å². The summed E-state index contributed by atoms with van der Waals surface area (Å²) in [5.74, 6) is 0.628. The van der Waals surface area contributed by atoms with Crippen molar-refractivity contribution in [3.05, 3.63) is 199 Å². The molecular formula is C47H34N2S. The minimum Gasteiger partial charge on any atom is -0.233 e. The van der Waals surface area contributed by atoms with Crippen LogP contribution in [0.3, 0.4) is 0 Å². The van der Waals surface area contributed by atoms with Crippen molar-refractivity contribution in [3.63, 3.8) is 0 Å². The molecule has 7 aromatic carbocycles. The third-order valence-electron chi connectivity index (χ3n) is 9.02. The highest BCUT2D eigenvalue weighted by Gasteiger charge is 2.13. The van der Waals surface area contributed by atoms with Crippen molar-refractivity contribution in [1.29, 1.82) is 0 Å². The van der Waals surface area contributed by atoms with E-state index in [0.717, 1.165) is 55.8 Å². The molecule has 0 spiro atoms. The molecule has 8 rings (SSSR count). The van der Waals surface area contributed by atoms with Crippen LogP contribution in [0.5, 0.6) is 0 Å². The van der Waals surface area contributed by atoms with Crippen LogP contribution in [0.2, 0.25) is 0 Å². The van der Waals surface area contributed by atoms with Crippen LogP contribution in [0.1, 0.15) is 23.6 Å². The van der Waals surface area contributed by atoms with Gasteiger partial charge in [-0.05, 0) is 82.3 Å². The molecule has 238 valence electrons. The average molecular weight is 659 g/mol. The molecule has 2 nitrogen and oxygen atoms in total. The summed E-state index contributed by atoms with van der Waals surface area (Å²) in [6, 6.07) is 61.7. The van der Waals surface area contributed by atoms with Gasteiger partial charge in [0.15, 0.2) is 5.84 Å². The van der Waals surface area contributed by atoms with Gasteiger partial charge >= 0.3 is 0 Å². The van der Waals surface area contributed by atoms with E-state index < -0.39 is 0 Å². The quantitative estimate of drug-likeness (QED) is 0.120. The first kappa shape index (κ1) is 31.1. The fourth-order valence-electron chi connectivity index (χ4n) is 6.37. The Morgan fingerprint density at radius 3 is 1.62 bits per heavy atom. The first-order valence-electron chi connectivity index (χ1n) is 16.8. The van der Waals surface area contributed by atoms with Crippen LogP contribution in [0.4, 0.5) is 0 Å². The summed E-state index contributed by atoms with van der Waals surface area (Å²) in [5.41, 5.74) is 11.4. The lowest BCUT2D eigenvalue weighted by atomic mass is 9.95. The molecule has 1 heterocycles. The summed E-state index contributed by atoms with van der Waals surface area (Å²) in [6.07, 6.45) is 0. The van der Waals surface area contributed by atoms with Crippen molar-refractivity contribution < 1.29 is 0 Å².